The van der Waals surface area contributed by atoms with Crippen LogP contribution in [0.2, 0.25) is 0 Å². The second kappa shape index (κ2) is 9.40. The van der Waals surface area contributed by atoms with Crippen molar-refractivity contribution in [2.75, 3.05) is 31.1 Å². The fraction of sp³-hybridized carbons (Fsp3) is 0.323. The van der Waals surface area contributed by atoms with Gasteiger partial charge in [0.2, 0.25) is 0 Å². The number of pyridine rings is 1. The second-order valence-corrected chi connectivity index (χ2v) is 11.0. The van der Waals surface area contributed by atoms with Gasteiger partial charge in [-0.3, -0.25) is 9.69 Å². The molecule has 0 saturated carbocycles. The van der Waals surface area contributed by atoms with Gasteiger partial charge in [-0.1, -0.05) is 48.5 Å². The molecular weight excluding hydrogens is 472 g/mol. The first-order chi connectivity index (χ1) is 18.7. The molecule has 3 aromatic heterocycles. The Balaban J connectivity index is 1.11. The van der Waals surface area contributed by atoms with E-state index in [1.54, 1.807) is 4.68 Å². The molecule has 2 aromatic carbocycles. The molecule has 2 aliphatic heterocycles. The van der Waals surface area contributed by atoms with Crippen molar-refractivity contribution in [1.82, 2.24) is 24.1 Å². The first-order valence-electron chi connectivity index (χ1n) is 13.6. The normalized spacial score (nSPS) is 19.8. The van der Waals surface area contributed by atoms with Crippen molar-refractivity contribution in [3.8, 4) is 0 Å². The molecule has 2 saturated heterocycles. The molecule has 38 heavy (non-hydrogen) atoms. The van der Waals surface area contributed by atoms with Crippen LogP contribution in [0, 0.1) is 5.41 Å². The van der Waals surface area contributed by atoms with E-state index in [-0.39, 0.29) is 5.56 Å². The van der Waals surface area contributed by atoms with Crippen LogP contribution in [0.25, 0.3) is 16.4 Å². The molecule has 0 amide bonds. The third kappa shape index (κ3) is 4.27. The summed E-state index contributed by atoms with van der Waals surface area (Å²) in [5.74, 6) is 0. The number of fused-ring (bicyclic) bond motifs is 2. The highest BCUT2D eigenvalue weighted by molar-refractivity contribution is 5.93. The Kier molecular flexibility index (Phi) is 5.73. The maximum atomic E-state index is 13.7. The van der Waals surface area contributed by atoms with Gasteiger partial charge >= 0.3 is 0 Å². The van der Waals surface area contributed by atoms with Crippen LogP contribution in [0.4, 0.5) is 5.69 Å². The molecule has 0 bridgehead atoms. The van der Waals surface area contributed by atoms with Crippen molar-refractivity contribution in [2.24, 2.45) is 5.41 Å². The molecule has 1 spiro atoms. The van der Waals surface area contributed by atoms with Gasteiger partial charge in [-0.05, 0) is 43.1 Å². The zero-order chi connectivity index (χ0) is 25.5. The molecule has 0 radical (unpaired) electrons. The quantitative estimate of drug-likeness (QED) is 0.343. The number of aromatic nitrogens is 4. The number of hydrogen-bond acceptors (Lipinski definition) is 5. The Morgan fingerprint density at radius 3 is 2.66 bits per heavy atom. The molecule has 5 aromatic rings. The van der Waals surface area contributed by atoms with E-state index < -0.39 is 0 Å². The summed E-state index contributed by atoms with van der Waals surface area (Å²) >= 11 is 0. The first-order valence-corrected chi connectivity index (χ1v) is 13.6. The fourth-order valence-electron chi connectivity index (χ4n) is 6.44. The Hall–Kier alpha value is -3.97. The lowest BCUT2D eigenvalue weighted by Gasteiger charge is -2.26. The molecule has 5 heterocycles. The van der Waals surface area contributed by atoms with E-state index in [2.05, 4.69) is 62.3 Å². The number of aryl methyl sites for hydroxylation is 2. The van der Waals surface area contributed by atoms with Crippen LogP contribution in [0.5, 0.6) is 0 Å². The smallest absolute Gasteiger partial charge is 0.276 e. The van der Waals surface area contributed by atoms with Gasteiger partial charge in [0.1, 0.15) is 5.65 Å². The van der Waals surface area contributed by atoms with Crippen molar-refractivity contribution in [3.63, 3.8) is 0 Å². The van der Waals surface area contributed by atoms with Gasteiger partial charge in [-0.15, -0.1) is 0 Å². The highest BCUT2D eigenvalue weighted by Gasteiger charge is 2.43. The SMILES string of the molecule is O=c1c2c(N3CCC4(CCN(Cc5ccccc5)C4)C3)cccc2cnn1CCc1cn2ccccc2n1. The summed E-state index contributed by atoms with van der Waals surface area (Å²) in [6, 6.07) is 22.9. The molecule has 2 aliphatic rings. The molecule has 0 N–H and O–H groups in total. The minimum absolute atomic E-state index is 0.0139. The highest BCUT2D eigenvalue weighted by Crippen LogP contribution is 2.42. The Morgan fingerprint density at radius 2 is 1.76 bits per heavy atom. The summed E-state index contributed by atoms with van der Waals surface area (Å²) in [7, 11) is 0. The lowest BCUT2D eigenvalue weighted by atomic mass is 9.86. The number of hydrogen-bond donors (Lipinski definition) is 0. The van der Waals surface area contributed by atoms with Gasteiger partial charge in [0.05, 0.1) is 29.5 Å². The van der Waals surface area contributed by atoms with Crippen LogP contribution in [-0.2, 0) is 19.5 Å². The zero-order valence-corrected chi connectivity index (χ0v) is 21.5. The third-order valence-electron chi connectivity index (χ3n) is 8.40. The third-order valence-corrected chi connectivity index (χ3v) is 8.40. The molecule has 7 heteroatoms. The summed E-state index contributed by atoms with van der Waals surface area (Å²) in [6.07, 6.45) is 8.90. The molecule has 1 atom stereocenters. The minimum atomic E-state index is -0.0139. The van der Waals surface area contributed by atoms with Crippen LogP contribution in [0.15, 0.2) is 90.1 Å². The van der Waals surface area contributed by atoms with E-state index >= 15 is 0 Å². The standard InChI is InChI=1S/C31H32N6O/c38-30-29-25(19-32-37(30)16-12-26-21-35-15-5-4-11-28(35)33-26)9-6-10-27(29)36-18-14-31(23-36)13-17-34(22-31)20-24-7-2-1-3-8-24/h1-11,15,19,21H,12-14,16-18,20,22-23H2. The van der Waals surface area contributed by atoms with Crippen molar-refractivity contribution in [1.29, 1.82) is 0 Å². The maximum Gasteiger partial charge on any atom is 0.276 e. The lowest BCUT2D eigenvalue weighted by molar-refractivity contribution is 0.270. The van der Waals surface area contributed by atoms with Crippen molar-refractivity contribution < 1.29 is 0 Å². The van der Waals surface area contributed by atoms with Gasteiger partial charge in [0.15, 0.2) is 0 Å². The van der Waals surface area contributed by atoms with Crippen LogP contribution < -0.4 is 10.5 Å². The zero-order valence-electron chi connectivity index (χ0n) is 21.5. The number of benzene rings is 2. The van der Waals surface area contributed by atoms with Gasteiger partial charge < -0.3 is 9.30 Å². The number of imidazole rings is 1. The van der Waals surface area contributed by atoms with E-state index in [9.17, 15) is 4.79 Å². The number of anilines is 1. The molecule has 7 rings (SSSR count). The van der Waals surface area contributed by atoms with E-state index in [0.29, 0.717) is 18.4 Å². The summed E-state index contributed by atoms with van der Waals surface area (Å²) < 4.78 is 3.62. The Labute approximate surface area is 222 Å². The molecule has 2 fully saturated rings. The number of nitrogens with zero attached hydrogens (tertiary/aromatic N) is 6. The van der Waals surface area contributed by atoms with Gasteiger partial charge in [-0.2, -0.15) is 5.10 Å². The monoisotopic (exact) mass is 504 g/mol. The summed E-state index contributed by atoms with van der Waals surface area (Å²) in [5.41, 5.74) is 4.59. The van der Waals surface area contributed by atoms with Gasteiger partial charge in [-0.25, -0.2) is 9.67 Å². The topological polar surface area (TPSA) is 58.7 Å². The summed E-state index contributed by atoms with van der Waals surface area (Å²) in [6.45, 7) is 5.76. The van der Waals surface area contributed by atoms with Crippen molar-refractivity contribution >= 4 is 22.1 Å². The molecular formula is C31H32N6O. The Morgan fingerprint density at radius 1 is 0.895 bits per heavy atom. The summed E-state index contributed by atoms with van der Waals surface area (Å²) in [4.78, 5) is 23.4. The second-order valence-electron chi connectivity index (χ2n) is 11.0. The van der Waals surface area contributed by atoms with Crippen LogP contribution >= 0.6 is 0 Å². The van der Waals surface area contributed by atoms with Crippen LogP contribution in [0.1, 0.15) is 24.1 Å². The molecule has 7 nitrogen and oxygen atoms in total. The molecule has 192 valence electrons. The first kappa shape index (κ1) is 23.2. The van der Waals surface area contributed by atoms with E-state index in [1.165, 1.54) is 18.4 Å². The van der Waals surface area contributed by atoms with Gasteiger partial charge in [0, 0.05) is 55.8 Å². The minimum Gasteiger partial charge on any atom is -0.370 e. The van der Waals surface area contributed by atoms with Crippen molar-refractivity contribution in [3.05, 3.63) is 107 Å². The maximum absolute atomic E-state index is 13.7. The fourth-order valence-corrected chi connectivity index (χ4v) is 6.44. The van der Waals surface area contributed by atoms with E-state index in [4.69, 9.17) is 0 Å². The van der Waals surface area contributed by atoms with Crippen LogP contribution in [0.3, 0.4) is 0 Å². The van der Waals surface area contributed by atoms with Crippen LogP contribution in [-0.4, -0.2) is 50.2 Å². The van der Waals surface area contributed by atoms with Crippen molar-refractivity contribution in [2.45, 2.75) is 32.4 Å². The molecule has 1 unspecified atom stereocenters. The number of likely N-dealkylation sites (tertiary alicyclic amines) is 1. The highest BCUT2D eigenvalue weighted by atomic mass is 16.1. The largest absolute Gasteiger partial charge is 0.370 e. The number of rotatable bonds is 6. The van der Waals surface area contributed by atoms with E-state index in [1.807, 2.05) is 47.3 Å². The predicted molar refractivity (Wildman–Crippen MR) is 150 cm³/mol. The Bertz CT molecular complexity index is 1620. The summed E-state index contributed by atoms with van der Waals surface area (Å²) in [5, 5.41) is 6.21. The van der Waals surface area contributed by atoms with E-state index in [0.717, 1.165) is 60.5 Å². The predicted octanol–water partition coefficient (Wildman–Crippen LogP) is 4.39. The van der Waals surface area contributed by atoms with Gasteiger partial charge in [0.25, 0.3) is 5.56 Å². The average Bonchev–Trinajstić information content (AvgIpc) is 3.67. The molecule has 0 aliphatic carbocycles. The lowest BCUT2D eigenvalue weighted by Crippen LogP contribution is -2.31. The average molecular weight is 505 g/mol.